The van der Waals surface area contributed by atoms with Gasteiger partial charge in [0.25, 0.3) is 0 Å². The van der Waals surface area contributed by atoms with Gasteiger partial charge in [-0.25, -0.2) is 4.39 Å². The van der Waals surface area contributed by atoms with Gasteiger partial charge in [-0.3, -0.25) is 0 Å². The highest BCUT2D eigenvalue weighted by Gasteiger charge is 2.32. The highest BCUT2D eigenvalue weighted by atomic mass is 28.4. The van der Waals surface area contributed by atoms with Crippen LogP contribution in [0.3, 0.4) is 0 Å². The van der Waals surface area contributed by atoms with Crippen LogP contribution in [0.2, 0.25) is 38.3 Å². The molecule has 0 saturated heterocycles. The first kappa shape index (κ1) is 17.2. The Morgan fingerprint density at radius 2 is 1.53 bits per heavy atom. The average Bonchev–Trinajstić information content (AvgIpc) is 2.16. The van der Waals surface area contributed by atoms with Crippen LogP contribution in [0.1, 0.15) is 6.42 Å². The first-order valence-corrected chi connectivity index (χ1v) is 12.4. The molecule has 0 N–H and O–H groups in total. The lowest BCUT2D eigenvalue weighted by molar-refractivity contribution is 0.0658. The van der Waals surface area contributed by atoms with E-state index < -0.39 is 23.5 Å². The fourth-order valence-corrected chi connectivity index (χ4v) is 10.3. The van der Waals surface area contributed by atoms with Gasteiger partial charge in [-0.05, 0) is 44.7 Å². The van der Waals surface area contributed by atoms with Gasteiger partial charge in [0.2, 0.25) is 0 Å². The zero-order valence-corrected chi connectivity index (χ0v) is 13.8. The Balaban J connectivity index is 3.99. The Kier molecular flexibility index (Phi) is 8.48. The van der Waals surface area contributed by atoms with Crippen LogP contribution in [-0.2, 0) is 13.6 Å². The molecule has 104 valence electrons. The number of hydrogen-bond donors (Lipinski definition) is 0. The van der Waals surface area contributed by atoms with Crippen molar-refractivity contribution in [3.05, 3.63) is 0 Å². The Bertz CT molecular complexity index is 181. The first-order valence-electron chi connectivity index (χ1n) is 6.16. The number of hydrogen-bond acceptors (Lipinski definition) is 3. The first-order chi connectivity index (χ1) is 7.83. The molecule has 0 aliphatic carbocycles. The van der Waals surface area contributed by atoms with Crippen molar-refractivity contribution >= 4 is 16.6 Å². The summed E-state index contributed by atoms with van der Waals surface area (Å²) in [5.74, 6) is 0. The van der Waals surface area contributed by atoms with Gasteiger partial charge in [-0.2, -0.15) is 0 Å². The van der Waals surface area contributed by atoms with Crippen LogP contribution in [-0.4, -0.2) is 43.8 Å². The van der Waals surface area contributed by atoms with Crippen molar-refractivity contribution < 1.29 is 18.0 Å². The van der Waals surface area contributed by atoms with E-state index in [2.05, 4.69) is 26.2 Å². The van der Waals surface area contributed by atoms with Gasteiger partial charge >= 0.3 is 0 Å². The van der Waals surface area contributed by atoms with Crippen LogP contribution in [0, 0.1) is 0 Å². The minimum absolute atomic E-state index is 0.471. The molecule has 0 spiro atoms. The maximum atomic E-state index is 11.9. The standard InChI is InChI=1S/C11H27FO3Si2/c1-13-7-6-9-16(2,3)15-17(4,5)10-8-14-11-12/h6-11H2,1-5H3. The molecular weight excluding hydrogens is 255 g/mol. The molecular formula is C11H27FO3Si2. The van der Waals surface area contributed by atoms with E-state index in [1.165, 1.54) is 0 Å². The molecule has 0 saturated carbocycles. The summed E-state index contributed by atoms with van der Waals surface area (Å²) in [6.07, 6.45) is 1.06. The summed E-state index contributed by atoms with van der Waals surface area (Å²) in [7, 11) is -1.59. The topological polar surface area (TPSA) is 27.7 Å². The Morgan fingerprint density at radius 3 is 2.06 bits per heavy atom. The van der Waals surface area contributed by atoms with Crippen LogP contribution in [0.15, 0.2) is 0 Å². The molecule has 0 aliphatic rings. The largest absolute Gasteiger partial charge is 0.455 e. The second-order valence-corrected chi connectivity index (χ2v) is 14.3. The fourth-order valence-electron chi connectivity index (χ4n) is 1.86. The van der Waals surface area contributed by atoms with Gasteiger partial charge in [0.1, 0.15) is 0 Å². The quantitative estimate of drug-likeness (QED) is 0.454. The van der Waals surface area contributed by atoms with Crippen molar-refractivity contribution in [3.63, 3.8) is 0 Å². The van der Waals surface area contributed by atoms with Crippen molar-refractivity contribution in [3.8, 4) is 0 Å². The second-order valence-electron chi connectivity index (χ2n) is 5.49. The second kappa shape index (κ2) is 8.36. The van der Waals surface area contributed by atoms with Crippen molar-refractivity contribution in [1.82, 2.24) is 0 Å². The summed E-state index contributed by atoms with van der Waals surface area (Å²) in [6, 6.07) is 1.97. The van der Waals surface area contributed by atoms with Crippen LogP contribution in [0.5, 0.6) is 0 Å². The van der Waals surface area contributed by atoms with E-state index in [0.717, 1.165) is 25.1 Å². The highest BCUT2D eigenvalue weighted by Crippen LogP contribution is 2.22. The monoisotopic (exact) mass is 282 g/mol. The van der Waals surface area contributed by atoms with E-state index in [4.69, 9.17) is 13.6 Å². The number of rotatable bonds is 10. The third-order valence-corrected chi connectivity index (χ3v) is 9.99. The molecule has 0 atom stereocenters. The summed E-state index contributed by atoms with van der Waals surface area (Å²) in [5.41, 5.74) is 0. The Hall–Kier alpha value is 0.244. The molecule has 0 heterocycles. The highest BCUT2D eigenvalue weighted by molar-refractivity contribution is 6.84. The van der Waals surface area contributed by atoms with Gasteiger partial charge in [0.05, 0.1) is 0 Å². The zero-order chi connectivity index (χ0) is 13.4. The van der Waals surface area contributed by atoms with Gasteiger partial charge in [-0.1, -0.05) is 0 Å². The molecule has 0 aromatic heterocycles. The Morgan fingerprint density at radius 1 is 0.941 bits per heavy atom. The van der Waals surface area contributed by atoms with Gasteiger partial charge < -0.3 is 13.6 Å². The zero-order valence-electron chi connectivity index (χ0n) is 11.8. The molecule has 0 aromatic rings. The van der Waals surface area contributed by atoms with Gasteiger partial charge in [0.15, 0.2) is 23.5 Å². The van der Waals surface area contributed by atoms with Crippen LogP contribution < -0.4 is 0 Å². The number of halogens is 1. The molecule has 0 bridgehead atoms. The number of alkyl halides is 1. The summed E-state index contributed by atoms with van der Waals surface area (Å²) in [4.78, 5) is 0. The third-order valence-electron chi connectivity index (χ3n) is 2.61. The summed E-state index contributed by atoms with van der Waals surface area (Å²) in [6.45, 7) is 9.42. The lowest BCUT2D eigenvalue weighted by atomic mass is 10.5. The van der Waals surface area contributed by atoms with Gasteiger partial charge in [-0.15, -0.1) is 0 Å². The lowest BCUT2D eigenvalue weighted by Crippen LogP contribution is -2.44. The van der Waals surface area contributed by atoms with E-state index >= 15 is 0 Å². The normalized spacial score (nSPS) is 13.1. The van der Waals surface area contributed by atoms with E-state index in [1.54, 1.807) is 7.11 Å². The number of methoxy groups -OCH3 is 1. The maximum absolute atomic E-state index is 11.9. The number of ether oxygens (including phenoxy) is 2. The molecule has 0 fully saturated rings. The van der Waals surface area contributed by atoms with Crippen molar-refractivity contribution in [2.75, 3.05) is 27.2 Å². The average molecular weight is 283 g/mol. The molecule has 0 unspecified atom stereocenters. The summed E-state index contributed by atoms with van der Waals surface area (Å²) in [5, 5.41) is 0. The van der Waals surface area contributed by atoms with Crippen molar-refractivity contribution in [2.45, 2.75) is 44.7 Å². The van der Waals surface area contributed by atoms with Crippen molar-refractivity contribution in [1.29, 1.82) is 0 Å². The summed E-state index contributed by atoms with van der Waals surface area (Å²) < 4.78 is 28.0. The fraction of sp³-hybridized carbons (Fsp3) is 1.00. The maximum Gasteiger partial charge on any atom is 0.188 e. The minimum atomic E-state index is -1.71. The van der Waals surface area contributed by atoms with E-state index in [0.29, 0.717) is 6.61 Å². The molecule has 17 heavy (non-hydrogen) atoms. The predicted octanol–water partition coefficient (Wildman–Crippen LogP) is 3.39. The van der Waals surface area contributed by atoms with Crippen LogP contribution >= 0.6 is 0 Å². The van der Waals surface area contributed by atoms with E-state index in [1.807, 2.05) is 0 Å². The lowest BCUT2D eigenvalue weighted by Gasteiger charge is -2.34. The molecule has 0 aliphatic heterocycles. The van der Waals surface area contributed by atoms with E-state index in [-0.39, 0.29) is 0 Å². The minimum Gasteiger partial charge on any atom is -0.455 e. The van der Waals surface area contributed by atoms with Crippen LogP contribution in [0.4, 0.5) is 4.39 Å². The van der Waals surface area contributed by atoms with Crippen molar-refractivity contribution in [2.24, 2.45) is 0 Å². The Labute approximate surface area is 107 Å². The smallest absolute Gasteiger partial charge is 0.188 e. The SMILES string of the molecule is COCCC[Si](C)(C)O[Si](C)(C)CCOCF. The molecule has 0 aromatic carbocycles. The summed E-state index contributed by atoms with van der Waals surface area (Å²) >= 11 is 0. The molecule has 3 nitrogen and oxygen atoms in total. The van der Waals surface area contributed by atoms with Gasteiger partial charge in [0, 0.05) is 20.3 Å². The molecule has 0 amide bonds. The molecule has 6 heteroatoms. The van der Waals surface area contributed by atoms with E-state index in [9.17, 15) is 4.39 Å². The predicted molar refractivity (Wildman–Crippen MR) is 74.1 cm³/mol. The third kappa shape index (κ3) is 9.90. The molecule has 0 rings (SSSR count). The molecule has 0 radical (unpaired) electrons. The van der Waals surface area contributed by atoms with Crippen LogP contribution in [0.25, 0.3) is 0 Å².